The maximum Gasteiger partial charge on any atom is 0.326 e. The Bertz CT molecular complexity index is 2650. The van der Waals surface area contributed by atoms with E-state index in [-0.39, 0.29) is 121 Å². The Morgan fingerprint density at radius 2 is 0.857 bits per heavy atom. The first-order chi connectivity index (χ1) is 42.8. The monoisotopic (exact) mass is 1290 g/mol. The van der Waals surface area contributed by atoms with E-state index in [2.05, 4.69) is 62.8 Å². The smallest absolute Gasteiger partial charge is 0.326 e. The number of carboxylic acids is 1. The van der Waals surface area contributed by atoms with Gasteiger partial charge < -0.3 is 110 Å². The number of nitrogens with one attached hydrogen (secondary N) is 9. The molecule has 0 bridgehead atoms. The molecule has 1 aromatic rings. The lowest BCUT2D eigenvalue weighted by molar-refractivity contribution is -0.142. The van der Waals surface area contributed by atoms with Crippen LogP contribution in [0, 0.1) is 11.8 Å². The van der Waals surface area contributed by atoms with Crippen LogP contribution in [-0.4, -0.2) is 181 Å². The zero-order chi connectivity index (χ0) is 68.8. The van der Waals surface area contributed by atoms with Crippen LogP contribution in [0.4, 0.5) is 0 Å². The van der Waals surface area contributed by atoms with Crippen LogP contribution in [0.2, 0.25) is 0 Å². The van der Waals surface area contributed by atoms with E-state index in [0.29, 0.717) is 18.4 Å². The van der Waals surface area contributed by atoms with Gasteiger partial charge in [0.15, 0.2) is 17.9 Å². The number of unbranched alkanes of at least 4 members (excludes halogenated alkanes) is 1. The highest BCUT2D eigenvalue weighted by atomic mass is 16.4. The maximum absolute atomic E-state index is 14.6. The van der Waals surface area contributed by atoms with Gasteiger partial charge in [-0.2, -0.15) is 0 Å². The summed E-state index contributed by atoms with van der Waals surface area (Å²) in [6.45, 7) is 6.37. The molecule has 0 aliphatic heterocycles. The first kappa shape index (κ1) is 79.6. The largest absolute Gasteiger partial charge is 0.480 e. The molecule has 35 nitrogen and oxygen atoms in total. The van der Waals surface area contributed by atoms with Crippen LogP contribution in [0.15, 0.2) is 45.3 Å². The molecular formula is C56H98N22O13. The summed E-state index contributed by atoms with van der Waals surface area (Å²) in [6.07, 6.45) is -0.289. The Morgan fingerprint density at radius 1 is 0.451 bits per heavy atom. The number of aliphatic carboxylic acids is 1. The molecule has 0 saturated carbocycles. The fraction of sp³-hybridized carbons (Fsp3) is 0.625. The molecule has 0 aliphatic carbocycles. The van der Waals surface area contributed by atoms with Gasteiger partial charge in [-0.3, -0.25) is 67.7 Å². The number of aliphatic imine (C=N–C) groups is 3. The number of primary amides is 2. The molecule has 35 heteroatoms. The Kier molecular flexibility index (Phi) is 37.9. The van der Waals surface area contributed by atoms with Crippen molar-refractivity contribution in [3.05, 3.63) is 35.9 Å². The average molecular weight is 1290 g/mol. The number of carboxylic acid groups (broad SMARTS) is 1. The number of amides is 11. The molecule has 91 heavy (non-hydrogen) atoms. The summed E-state index contributed by atoms with van der Waals surface area (Å²) in [5.74, 6) is -12.4. The Balaban J connectivity index is 3.54. The first-order valence-electron chi connectivity index (χ1n) is 30.0. The zero-order valence-corrected chi connectivity index (χ0v) is 52.3. The molecule has 0 spiro atoms. The van der Waals surface area contributed by atoms with Gasteiger partial charge in [0, 0.05) is 38.9 Å². The summed E-state index contributed by atoms with van der Waals surface area (Å²) in [6, 6.07) is -3.97. The predicted octanol–water partition coefficient (Wildman–Crippen LogP) is -6.84. The van der Waals surface area contributed by atoms with E-state index in [0.717, 1.165) is 0 Å². The second-order valence-electron chi connectivity index (χ2n) is 22.3. The highest BCUT2D eigenvalue weighted by Gasteiger charge is 2.36. The standard InChI is InChI=1S/C56H98N22O13/c1-30(2)27-39(76-48(85)36(17-11-25-68-55(63)64)72-45(82)33(58)19-21-41(59)79)50(87)77-40(28-32-13-6-5-7-14-32)51(88)73-37(20-22-42(60)80)49(86)78-44(31(3)4)52(89)74-34(15-8-9-23-57)46(83)70-29-43(81)71-35(16-10-24-67-54(61)62)47(84)75-38(53(90)91)18-12-26-69-56(65)66/h5-7,13-14,30-31,33-40,44H,8-12,15-29,57-58H2,1-4H3,(H2,59,79)(H2,60,80)(H,70,83)(H,71,81)(H,72,82)(H,73,88)(H,74,89)(H,75,84)(H,76,85)(H,77,87)(H,78,86)(H,90,91)(H4,61,62,67)(H4,63,64,68)(H4,65,66,69)/t33-,34-,35-,36-,37-,38-,39-,40-,44-/m0/s1. The second kappa shape index (κ2) is 43.3. The topological polar surface area (TPSA) is 631 Å². The van der Waals surface area contributed by atoms with E-state index in [4.69, 9.17) is 57.3 Å². The summed E-state index contributed by atoms with van der Waals surface area (Å²) in [5, 5.41) is 32.9. The fourth-order valence-electron chi connectivity index (χ4n) is 8.77. The van der Waals surface area contributed by atoms with E-state index < -0.39 is 151 Å². The Hall–Kier alpha value is -9.41. The highest BCUT2D eigenvalue weighted by Crippen LogP contribution is 2.13. The van der Waals surface area contributed by atoms with Crippen molar-refractivity contribution in [1.82, 2.24) is 47.9 Å². The molecule has 0 aromatic heterocycles. The van der Waals surface area contributed by atoms with Crippen molar-refractivity contribution in [2.75, 3.05) is 32.7 Å². The molecule has 0 radical (unpaired) electrons. The van der Waals surface area contributed by atoms with Gasteiger partial charge in [0.2, 0.25) is 65.0 Å². The van der Waals surface area contributed by atoms with Gasteiger partial charge in [-0.1, -0.05) is 58.0 Å². The number of nitrogens with zero attached hydrogens (tertiary/aromatic N) is 3. The van der Waals surface area contributed by atoms with Crippen molar-refractivity contribution < 1.29 is 62.6 Å². The SMILES string of the molecule is CC(C)C[C@H](NC(=O)[C@H](CCCN=C(N)N)NC(=O)[C@@H](N)CCC(N)=O)C(=O)N[C@@H](Cc1ccccc1)C(=O)N[C@@H](CCC(N)=O)C(=O)N[C@H](C(=O)N[C@@H](CCCCN)C(=O)NCC(=O)N[C@@H](CCCN=C(N)N)C(=O)N[C@@H](CCCN=C(N)N)C(=O)O)C(C)C. The maximum atomic E-state index is 14.6. The Labute approximate surface area is 528 Å². The minimum atomic E-state index is -1.58. The van der Waals surface area contributed by atoms with Gasteiger partial charge in [-0.25, -0.2) is 4.79 Å². The molecule has 510 valence electrons. The normalized spacial score (nSPS) is 13.9. The number of hydrogen-bond acceptors (Lipinski definition) is 17. The molecule has 0 fully saturated rings. The van der Waals surface area contributed by atoms with Gasteiger partial charge in [-0.15, -0.1) is 0 Å². The van der Waals surface area contributed by atoms with Crippen molar-refractivity contribution in [3.63, 3.8) is 0 Å². The number of nitrogens with two attached hydrogens (primary N) is 10. The summed E-state index contributed by atoms with van der Waals surface area (Å²) in [4.78, 5) is 173. The van der Waals surface area contributed by atoms with Crippen molar-refractivity contribution >= 4 is 88.8 Å². The first-order valence-corrected chi connectivity index (χ1v) is 30.0. The van der Waals surface area contributed by atoms with Crippen molar-refractivity contribution in [3.8, 4) is 0 Å². The summed E-state index contributed by atoms with van der Waals surface area (Å²) in [7, 11) is 0. The number of benzene rings is 1. The minimum absolute atomic E-state index is 0.00943. The summed E-state index contributed by atoms with van der Waals surface area (Å²) in [5.41, 5.74) is 55.5. The molecule has 1 rings (SSSR count). The van der Waals surface area contributed by atoms with E-state index >= 15 is 0 Å². The number of guanidine groups is 3. The lowest BCUT2D eigenvalue weighted by Crippen LogP contribution is -2.61. The molecule has 0 aliphatic rings. The molecule has 1 aromatic carbocycles. The van der Waals surface area contributed by atoms with E-state index in [1.165, 1.54) is 0 Å². The fourth-order valence-corrected chi connectivity index (χ4v) is 8.77. The molecule has 11 amide bonds. The molecular weight excluding hydrogens is 1190 g/mol. The minimum Gasteiger partial charge on any atom is -0.480 e. The van der Waals surface area contributed by atoms with Gasteiger partial charge in [-0.05, 0) is 101 Å². The van der Waals surface area contributed by atoms with Gasteiger partial charge in [0.05, 0.1) is 12.6 Å². The number of carbonyl (C=O) groups is 12. The molecule has 0 unspecified atom stereocenters. The van der Waals surface area contributed by atoms with Gasteiger partial charge in [0.1, 0.15) is 48.3 Å². The van der Waals surface area contributed by atoms with E-state index in [1.54, 1.807) is 58.0 Å². The molecule has 9 atom stereocenters. The van der Waals surface area contributed by atoms with E-state index in [9.17, 15) is 62.6 Å². The third kappa shape index (κ3) is 34.8. The van der Waals surface area contributed by atoms with Crippen LogP contribution in [0.3, 0.4) is 0 Å². The lowest BCUT2D eigenvalue weighted by Gasteiger charge is -2.29. The highest BCUT2D eigenvalue weighted by molar-refractivity contribution is 5.98. The van der Waals surface area contributed by atoms with Crippen LogP contribution < -0.4 is 105 Å². The molecule has 30 N–H and O–H groups in total. The van der Waals surface area contributed by atoms with Crippen LogP contribution in [0.1, 0.15) is 123 Å². The third-order valence-corrected chi connectivity index (χ3v) is 13.6. The summed E-state index contributed by atoms with van der Waals surface area (Å²) >= 11 is 0. The zero-order valence-electron chi connectivity index (χ0n) is 52.3. The Morgan fingerprint density at radius 3 is 1.35 bits per heavy atom. The second-order valence-corrected chi connectivity index (χ2v) is 22.3. The lowest BCUT2D eigenvalue weighted by atomic mass is 9.99. The van der Waals surface area contributed by atoms with Crippen molar-refractivity contribution in [2.45, 2.75) is 178 Å². The van der Waals surface area contributed by atoms with Gasteiger partial charge in [0.25, 0.3) is 0 Å². The van der Waals surface area contributed by atoms with Crippen LogP contribution in [0.5, 0.6) is 0 Å². The summed E-state index contributed by atoms with van der Waals surface area (Å²) < 4.78 is 0. The van der Waals surface area contributed by atoms with Crippen LogP contribution in [-0.2, 0) is 64.0 Å². The van der Waals surface area contributed by atoms with Crippen molar-refractivity contribution in [2.24, 2.45) is 84.1 Å². The van der Waals surface area contributed by atoms with Crippen molar-refractivity contribution in [1.29, 1.82) is 0 Å². The van der Waals surface area contributed by atoms with Gasteiger partial charge >= 0.3 is 5.97 Å². The predicted molar refractivity (Wildman–Crippen MR) is 338 cm³/mol. The number of hydrogen-bond donors (Lipinski definition) is 20. The molecule has 0 saturated heterocycles. The quantitative estimate of drug-likeness (QED) is 0.0164. The third-order valence-electron chi connectivity index (χ3n) is 13.6. The van der Waals surface area contributed by atoms with Crippen LogP contribution in [0.25, 0.3) is 0 Å². The molecule has 0 heterocycles. The number of rotatable bonds is 46. The van der Waals surface area contributed by atoms with Crippen LogP contribution >= 0.6 is 0 Å². The number of carbonyl (C=O) groups excluding carboxylic acids is 11. The van der Waals surface area contributed by atoms with E-state index in [1.807, 2.05) is 0 Å². The average Bonchev–Trinajstić information content (AvgIpc) is 1.61.